The number of anilines is 1. The second-order valence-corrected chi connectivity index (χ2v) is 4.44. The molecule has 0 saturated carbocycles. The molecule has 1 aliphatic heterocycles. The topological polar surface area (TPSA) is 42.1 Å². The van der Waals surface area contributed by atoms with Crippen LogP contribution < -0.4 is 10.6 Å². The highest BCUT2D eigenvalue weighted by Gasteiger charge is 2.43. The number of nitrogens with two attached hydrogens (primary N) is 1. The standard InChI is InChI=1S/C11H14F3N3/c1-2-10(15)6-17(7-10)9-8(11(12,13)14)4-3-5-16-9/h3-5H,2,6-7,15H2,1H3. The van der Waals surface area contributed by atoms with Crippen LogP contribution in [0.1, 0.15) is 18.9 Å². The van der Waals surface area contributed by atoms with Crippen LogP contribution in [-0.4, -0.2) is 23.6 Å². The van der Waals surface area contributed by atoms with Gasteiger partial charge in [-0.1, -0.05) is 6.92 Å². The molecule has 2 N–H and O–H groups in total. The first-order valence-electron chi connectivity index (χ1n) is 5.42. The Hall–Kier alpha value is -1.30. The van der Waals surface area contributed by atoms with E-state index < -0.39 is 11.7 Å². The molecule has 0 aliphatic carbocycles. The van der Waals surface area contributed by atoms with E-state index in [-0.39, 0.29) is 11.4 Å². The number of rotatable bonds is 2. The minimum Gasteiger partial charge on any atom is -0.352 e. The Labute approximate surface area is 97.4 Å². The third-order valence-corrected chi connectivity index (χ3v) is 3.11. The lowest BCUT2D eigenvalue weighted by Gasteiger charge is -2.48. The second kappa shape index (κ2) is 3.87. The van der Waals surface area contributed by atoms with Crippen LogP contribution in [0.5, 0.6) is 0 Å². The van der Waals surface area contributed by atoms with Gasteiger partial charge in [0.2, 0.25) is 0 Å². The number of pyridine rings is 1. The fraction of sp³-hybridized carbons (Fsp3) is 0.545. The summed E-state index contributed by atoms with van der Waals surface area (Å²) in [6.07, 6.45) is -2.26. The first kappa shape index (κ1) is 12.2. The van der Waals surface area contributed by atoms with E-state index in [0.717, 1.165) is 12.5 Å². The van der Waals surface area contributed by atoms with Gasteiger partial charge in [-0.05, 0) is 18.6 Å². The van der Waals surface area contributed by atoms with Crippen LogP contribution in [0.2, 0.25) is 0 Å². The summed E-state index contributed by atoms with van der Waals surface area (Å²) in [4.78, 5) is 5.39. The first-order valence-corrected chi connectivity index (χ1v) is 5.42. The van der Waals surface area contributed by atoms with Gasteiger partial charge in [0.1, 0.15) is 5.82 Å². The van der Waals surface area contributed by atoms with Gasteiger partial charge < -0.3 is 10.6 Å². The maximum absolute atomic E-state index is 12.7. The lowest BCUT2D eigenvalue weighted by atomic mass is 9.88. The van der Waals surface area contributed by atoms with Crippen molar-refractivity contribution in [1.29, 1.82) is 0 Å². The number of hydrogen-bond acceptors (Lipinski definition) is 3. The van der Waals surface area contributed by atoms with E-state index in [1.54, 1.807) is 4.90 Å². The lowest BCUT2D eigenvalue weighted by molar-refractivity contribution is -0.137. The Morgan fingerprint density at radius 2 is 2.12 bits per heavy atom. The molecule has 0 unspecified atom stereocenters. The molecule has 0 spiro atoms. The van der Waals surface area contributed by atoms with Crippen LogP contribution in [0, 0.1) is 0 Å². The Bertz CT molecular complexity index is 411. The van der Waals surface area contributed by atoms with Gasteiger partial charge in [-0.25, -0.2) is 4.98 Å². The molecule has 2 heterocycles. The van der Waals surface area contributed by atoms with Crippen molar-refractivity contribution in [3.8, 4) is 0 Å². The summed E-state index contributed by atoms with van der Waals surface area (Å²) in [5.41, 5.74) is 4.87. The zero-order valence-electron chi connectivity index (χ0n) is 9.46. The quantitative estimate of drug-likeness (QED) is 0.866. The minimum absolute atomic E-state index is 0.0190. The molecule has 3 nitrogen and oxygen atoms in total. The van der Waals surface area contributed by atoms with Crippen LogP contribution in [-0.2, 0) is 6.18 Å². The van der Waals surface area contributed by atoms with Crippen molar-refractivity contribution in [2.45, 2.75) is 25.1 Å². The monoisotopic (exact) mass is 245 g/mol. The van der Waals surface area contributed by atoms with Crippen molar-refractivity contribution in [2.75, 3.05) is 18.0 Å². The summed E-state index contributed by atoms with van der Waals surface area (Å²) in [6, 6.07) is 2.34. The van der Waals surface area contributed by atoms with E-state index >= 15 is 0 Å². The minimum atomic E-state index is -4.37. The van der Waals surface area contributed by atoms with E-state index in [1.165, 1.54) is 12.3 Å². The molecule has 6 heteroatoms. The van der Waals surface area contributed by atoms with Crippen molar-refractivity contribution in [3.63, 3.8) is 0 Å². The molecule has 0 atom stereocenters. The molecular formula is C11H14F3N3. The average Bonchev–Trinajstić information content (AvgIpc) is 2.23. The van der Waals surface area contributed by atoms with Gasteiger partial charge in [0.05, 0.1) is 11.1 Å². The lowest BCUT2D eigenvalue weighted by Crippen LogP contribution is -2.67. The average molecular weight is 245 g/mol. The summed E-state index contributed by atoms with van der Waals surface area (Å²) in [5, 5.41) is 0. The van der Waals surface area contributed by atoms with Gasteiger partial charge in [-0.3, -0.25) is 0 Å². The Balaban J connectivity index is 2.24. The van der Waals surface area contributed by atoms with Crippen molar-refractivity contribution < 1.29 is 13.2 Å². The predicted molar refractivity (Wildman–Crippen MR) is 58.7 cm³/mol. The van der Waals surface area contributed by atoms with Gasteiger partial charge >= 0.3 is 6.18 Å². The van der Waals surface area contributed by atoms with Crippen molar-refractivity contribution in [1.82, 2.24) is 4.98 Å². The molecule has 1 saturated heterocycles. The number of alkyl halides is 3. The van der Waals surface area contributed by atoms with Gasteiger partial charge in [-0.15, -0.1) is 0 Å². The summed E-state index contributed by atoms with van der Waals surface area (Å²) in [5.74, 6) is -0.0190. The molecule has 0 radical (unpaired) electrons. The highest BCUT2D eigenvalue weighted by Crippen LogP contribution is 2.38. The summed E-state index contributed by atoms with van der Waals surface area (Å²) in [7, 11) is 0. The molecule has 0 aromatic carbocycles. The third kappa shape index (κ3) is 2.22. The molecule has 94 valence electrons. The molecule has 1 aromatic rings. The van der Waals surface area contributed by atoms with E-state index in [0.29, 0.717) is 13.1 Å². The maximum Gasteiger partial charge on any atom is 0.419 e. The van der Waals surface area contributed by atoms with E-state index in [4.69, 9.17) is 5.73 Å². The summed E-state index contributed by atoms with van der Waals surface area (Å²) in [6.45, 7) is 2.77. The summed E-state index contributed by atoms with van der Waals surface area (Å²) >= 11 is 0. The number of halogens is 3. The zero-order valence-corrected chi connectivity index (χ0v) is 9.46. The molecule has 17 heavy (non-hydrogen) atoms. The van der Waals surface area contributed by atoms with E-state index in [9.17, 15) is 13.2 Å². The van der Waals surface area contributed by atoms with Gasteiger partial charge in [-0.2, -0.15) is 13.2 Å². The van der Waals surface area contributed by atoms with Crippen LogP contribution in [0.15, 0.2) is 18.3 Å². The van der Waals surface area contributed by atoms with E-state index in [1.807, 2.05) is 6.92 Å². The Morgan fingerprint density at radius 1 is 1.47 bits per heavy atom. The largest absolute Gasteiger partial charge is 0.419 e. The van der Waals surface area contributed by atoms with Gasteiger partial charge in [0.15, 0.2) is 0 Å². The van der Waals surface area contributed by atoms with Gasteiger partial charge in [0.25, 0.3) is 0 Å². The number of nitrogens with zero attached hydrogens (tertiary/aromatic N) is 2. The van der Waals surface area contributed by atoms with Crippen molar-refractivity contribution >= 4 is 5.82 Å². The highest BCUT2D eigenvalue weighted by atomic mass is 19.4. The number of hydrogen-bond donors (Lipinski definition) is 1. The molecule has 1 aromatic heterocycles. The SMILES string of the molecule is CCC1(N)CN(c2ncccc2C(F)(F)F)C1. The molecule has 1 aliphatic rings. The maximum atomic E-state index is 12.7. The van der Waals surface area contributed by atoms with Crippen LogP contribution in [0.4, 0.5) is 19.0 Å². The van der Waals surface area contributed by atoms with Crippen LogP contribution >= 0.6 is 0 Å². The predicted octanol–water partition coefficient (Wildman–Crippen LogP) is 2.03. The smallest absolute Gasteiger partial charge is 0.352 e. The fourth-order valence-corrected chi connectivity index (χ4v) is 1.96. The third-order valence-electron chi connectivity index (χ3n) is 3.11. The Morgan fingerprint density at radius 3 is 2.65 bits per heavy atom. The zero-order chi connectivity index (χ0) is 12.7. The van der Waals surface area contributed by atoms with E-state index in [2.05, 4.69) is 4.98 Å². The number of aromatic nitrogens is 1. The highest BCUT2D eigenvalue weighted by molar-refractivity contribution is 5.52. The normalized spacial score (nSPS) is 19.0. The summed E-state index contributed by atoms with van der Waals surface area (Å²) < 4.78 is 38.2. The second-order valence-electron chi connectivity index (χ2n) is 4.44. The molecular weight excluding hydrogens is 231 g/mol. The van der Waals surface area contributed by atoms with Crippen molar-refractivity contribution in [3.05, 3.63) is 23.9 Å². The fourth-order valence-electron chi connectivity index (χ4n) is 1.96. The molecule has 2 rings (SSSR count). The van der Waals surface area contributed by atoms with Crippen LogP contribution in [0.25, 0.3) is 0 Å². The Kier molecular flexibility index (Phi) is 2.77. The van der Waals surface area contributed by atoms with Gasteiger partial charge in [0, 0.05) is 19.3 Å². The first-order chi connectivity index (χ1) is 7.86. The molecule has 0 amide bonds. The van der Waals surface area contributed by atoms with Crippen molar-refractivity contribution in [2.24, 2.45) is 5.73 Å². The molecule has 0 bridgehead atoms. The molecule has 1 fully saturated rings. The van der Waals surface area contributed by atoms with Crippen LogP contribution in [0.3, 0.4) is 0 Å².